The molecule has 1 fully saturated rings. The van der Waals surface area contributed by atoms with Crippen molar-refractivity contribution >= 4 is 11.9 Å². The zero-order chi connectivity index (χ0) is 13.0. The van der Waals surface area contributed by atoms with E-state index >= 15 is 0 Å². The molecule has 0 spiro atoms. The second kappa shape index (κ2) is 5.91. The number of nitrogens with one attached hydrogen (secondary N) is 1. The predicted octanol–water partition coefficient (Wildman–Crippen LogP) is 2.26. The highest BCUT2D eigenvalue weighted by Gasteiger charge is 2.19. The maximum Gasteiger partial charge on any atom is 0.371 e. The zero-order valence-electron chi connectivity index (χ0n) is 10.7. The van der Waals surface area contributed by atoms with Crippen LogP contribution in [-0.4, -0.2) is 41.7 Å². The third-order valence-electron chi connectivity index (χ3n) is 3.29. The monoisotopic (exact) mass is 252 g/mol. The number of anilines is 1. The smallest absolute Gasteiger partial charge is 0.371 e. The number of carbonyl (C=O) groups is 1. The molecule has 1 aliphatic rings. The molecule has 1 aliphatic heterocycles. The fourth-order valence-electron chi connectivity index (χ4n) is 2.35. The SMILES string of the molecule is CCCN1CCC(Nc2ccc(C(=O)O)o2)CC1. The number of rotatable bonds is 5. The van der Waals surface area contributed by atoms with Gasteiger partial charge in [0.25, 0.3) is 0 Å². The van der Waals surface area contributed by atoms with Crippen LogP contribution in [-0.2, 0) is 0 Å². The van der Waals surface area contributed by atoms with Crippen molar-refractivity contribution in [3.05, 3.63) is 17.9 Å². The Balaban J connectivity index is 1.82. The number of carboxylic acid groups (broad SMARTS) is 1. The van der Waals surface area contributed by atoms with E-state index in [9.17, 15) is 4.79 Å². The average Bonchev–Trinajstić information content (AvgIpc) is 2.81. The minimum absolute atomic E-state index is 0.0130. The Morgan fingerprint density at radius 2 is 2.22 bits per heavy atom. The fourth-order valence-corrected chi connectivity index (χ4v) is 2.35. The van der Waals surface area contributed by atoms with Gasteiger partial charge in [0.15, 0.2) is 5.88 Å². The highest BCUT2D eigenvalue weighted by atomic mass is 16.4. The van der Waals surface area contributed by atoms with Gasteiger partial charge in [0, 0.05) is 25.2 Å². The first-order valence-corrected chi connectivity index (χ1v) is 6.51. The summed E-state index contributed by atoms with van der Waals surface area (Å²) < 4.78 is 5.20. The van der Waals surface area contributed by atoms with Crippen LogP contribution in [0, 0.1) is 0 Å². The van der Waals surface area contributed by atoms with E-state index in [1.165, 1.54) is 12.5 Å². The highest BCUT2D eigenvalue weighted by molar-refractivity contribution is 5.84. The number of piperidine rings is 1. The Hall–Kier alpha value is -1.49. The highest BCUT2D eigenvalue weighted by Crippen LogP contribution is 2.19. The molecule has 0 amide bonds. The van der Waals surface area contributed by atoms with E-state index in [0.717, 1.165) is 32.5 Å². The quantitative estimate of drug-likeness (QED) is 0.841. The molecule has 5 nitrogen and oxygen atoms in total. The van der Waals surface area contributed by atoms with Crippen molar-refractivity contribution in [2.45, 2.75) is 32.2 Å². The molecule has 0 bridgehead atoms. The van der Waals surface area contributed by atoms with E-state index in [-0.39, 0.29) is 5.76 Å². The van der Waals surface area contributed by atoms with Crippen LogP contribution < -0.4 is 5.32 Å². The summed E-state index contributed by atoms with van der Waals surface area (Å²) in [5, 5.41) is 12.0. The van der Waals surface area contributed by atoms with Crippen LogP contribution in [0.1, 0.15) is 36.7 Å². The summed E-state index contributed by atoms with van der Waals surface area (Å²) in [5.41, 5.74) is 0. The Bertz CT molecular complexity index is 395. The van der Waals surface area contributed by atoms with Crippen molar-refractivity contribution in [1.29, 1.82) is 0 Å². The van der Waals surface area contributed by atoms with E-state index < -0.39 is 5.97 Å². The number of likely N-dealkylation sites (tertiary alicyclic amines) is 1. The number of nitrogens with zero attached hydrogens (tertiary/aromatic N) is 1. The summed E-state index contributed by atoms with van der Waals surface area (Å²) in [6.07, 6.45) is 3.34. The van der Waals surface area contributed by atoms with Crippen molar-refractivity contribution < 1.29 is 14.3 Å². The molecule has 1 aromatic heterocycles. The average molecular weight is 252 g/mol. The normalized spacial score (nSPS) is 17.8. The molecular weight excluding hydrogens is 232 g/mol. The first kappa shape index (κ1) is 13.0. The standard InChI is InChI=1S/C13H20N2O3/c1-2-7-15-8-5-10(6-9-15)14-12-4-3-11(18-12)13(16)17/h3-4,10,14H,2,5-9H2,1H3,(H,16,17). The minimum atomic E-state index is -1.03. The molecule has 5 heteroatoms. The van der Waals surface area contributed by atoms with Crippen LogP contribution >= 0.6 is 0 Å². The maximum atomic E-state index is 10.7. The topological polar surface area (TPSA) is 65.7 Å². The van der Waals surface area contributed by atoms with Crippen LogP contribution in [0.15, 0.2) is 16.5 Å². The first-order chi connectivity index (χ1) is 8.69. The van der Waals surface area contributed by atoms with Crippen LogP contribution in [0.2, 0.25) is 0 Å². The van der Waals surface area contributed by atoms with Gasteiger partial charge in [-0.3, -0.25) is 0 Å². The maximum absolute atomic E-state index is 10.7. The lowest BCUT2D eigenvalue weighted by atomic mass is 10.1. The number of hydrogen-bond donors (Lipinski definition) is 2. The molecule has 0 aromatic carbocycles. The number of carboxylic acids is 1. The van der Waals surface area contributed by atoms with E-state index in [2.05, 4.69) is 17.1 Å². The second-order valence-corrected chi connectivity index (χ2v) is 4.73. The van der Waals surface area contributed by atoms with Crippen LogP contribution in [0.3, 0.4) is 0 Å². The fraction of sp³-hybridized carbons (Fsp3) is 0.615. The summed E-state index contributed by atoms with van der Waals surface area (Å²) in [6, 6.07) is 3.55. The Kier molecular flexibility index (Phi) is 4.25. The predicted molar refractivity (Wildman–Crippen MR) is 69.0 cm³/mol. The first-order valence-electron chi connectivity index (χ1n) is 6.51. The molecule has 1 aromatic rings. The molecule has 18 heavy (non-hydrogen) atoms. The molecule has 1 saturated heterocycles. The number of hydrogen-bond acceptors (Lipinski definition) is 4. The summed E-state index contributed by atoms with van der Waals surface area (Å²) in [7, 11) is 0. The van der Waals surface area contributed by atoms with Gasteiger partial charge in [-0.2, -0.15) is 0 Å². The lowest BCUT2D eigenvalue weighted by molar-refractivity contribution is 0.0663. The molecule has 2 heterocycles. The van der Waals surface area contributed by atoms with Gasteiger partial charge >= 0.3 is 5.97 Å². The molecular formula is C13H20N2O3. The lowest BCUT2D eigenvalue weighted by Crippen LogP contribution is -2.39. The van der Waals surface area contributed by atoms with Crippen LogP contribution in [0.5, 0.6) is 0 Å². The summed E-state index contributed by atoms with van der Waals surface area (Å²) >= 11 is 0. The molecule has 0 unspecified atom stereocenters. The van der Waals surface area contributed by atoms with Crippen LogP contribution in [0.25, 0.3) is 0 Å². The Morgan fingerprint density at radius 1 is 1.50 bits per heavy atom. The van der Waals surface area contributed by atoms with Gasteiger partial charge in [0.05, 0.1) is 0 Å². The van der Waals surface area contributed by atoms with E-state index in [1.54, 1.807) is 6.07 Å². The van der Waals surface area contributed by atoms with Crippen molar-refractivity contribution in [2.75, 3.05) is 25.0 Å². The molecule has 0 radical (unpaired) electrons. The largest absolute Gasteiger partial charge is 0.475 e. The summed E-state index contributed by atoms with van der Waals surface area (Å²) in [4.78, 5) is 13.2. The minimum Gasteiger partial charge on any atom is -0.475 e. The molecule has 2 rings (SSSR count). The molecule has 2 N–H and O–H groups in total. The third-order valence-corrected chi connectivity index (χ3v) is 3.29. The van der Waals surface area contributed by atoms with Gasteiger partial charge in [-0.1, -0.05) is 6.92 Å². The van der Waals surface area contributed by atoms with Gasteiger partial charge in [0.2, 0.25) is 5.76 Å². The lowest BCUT2D eigenvalue weighted by Gasteiger charge is -2.31. The van der Waals surface area contributed by atoms with Gasteiger partial charge in [-0.25, -0.2) is 4.79 Å². The summed E-state index contributed by atoms with van der Waals surface area (Å²) in [5.74, 6) is -0.483. The summed E-state index contributed by atoms with van der Waals surface area (Å²) in [6.45, 7) is 5.55. The number of furan rings is 1. The molecule has 0 atom stereocenters. The van der Waals surface area contributed by atoms with E-state index in [1.807, 2.05) is 0 Å². The Labute approximate surface area is 107 Å². The van der Waals surface area contributed by atoms with E-state index in [0.29, 0.717) is 11.9 Å². The molecule has 0 aliphatic carbocycles. The van der Waals surface area contributed by atoms with Crippen molar-refractivity contribution in [2.24, 2.45) is 0 Å². The van der Waals surface area contributed by atoms with Crippen molar-refractivity contribution in [3.63, 3.8) is 0 Å². The van der Waals surface area contributed by atoms with Gasteiger partial charge in [0.1, 0.15) is 0 Å². The molecule has 0 saturated carbocycles. The molecule has 100 valence electrons. The van der Waals surface area contributed by atoms with Gasteiger partial charge in [-0.15, -0.1) is 0 Å². The third kappa shape index (κ3) is 3.26. The van der Waals surface area contributed by atoms with Crippen molar-refractivity contribution in [1.82, 2.24) is 4.90 Å². The second-order valence-electron chi connectivity index (χ2n) is 4.73. The van der Waals surface area contributed by atoms with E-state index in [4.69, 9.17) is 9.52 Å². The van der Waals surface area contributed by atoms with Gasteiger partial charge < -0.3 is 19.7 Å². The zero-order valence-corrected chi connectivity index (χ0v) is 10.7. The van der Waals surface area contributed by atoms with Crippen LogP contribution in [0.4, 0.5) is 5.88 Å². The Morgan fingerprint density at radius 3 is 2.78 bits per heavy atom. The number of aromatic carboxylic acids is 1. The van der Waals surface area contributed by atoms with Gasteiger partial charge in [-0.05, 0) is 31.9 Å². The van der Waals surface area contributed by atoms with Crippen molar-refractivity contribution in [3.8, 4) is 0 Å².